The smallest absolute Gasteiger partial charge is 0.373 e. The summed E-state index contributed by atoms with van der Waals surface area (Å²) in [4.78, 5) is 4.62. The third-order valence-corrected chi connectivity index (χ3v) is 7.87. The van der Waals surface area contributed by atoms with Crippen molar-refractivity contribution >= 4 is 36.7 Å². The average molecular weight is 479 g/mol. The number of rotatable bonds is 7. The van der Waals surface area contributed by atoms with Gasteiger partial charge < -0.3 is 23.1 Å². The van der Waals surface area contributed by atoms with Gasteiger partial charge in [-0.1, -0.05) is 42.0 Å². The quantitative estimate of drug-likeness (QED) is 0.561. The van der Waals surface area contributed by atoms with E-state index in [0.29, 0.717) is 0 Å². The van der Waals surface area contributed by atoms with Crippen LogP contribution in [0.15, 0.2) is 48.8 Å². The van der Waals surface area contributed by atoms with Crippen LogP contribution in [-0.2, 0) is 19.8 Å². The van der Waals surface area contributed by atoms with E-state index in [4.69, 9.17) is 13.3 Å². The summed E-state index contributed by atoms with van der Waals surface area (Å²) in [5.41, 5.74) is 6.47. The lowest BCUT2D eigenvalue weighted by atomic mass is 10.0. The number of hydrogen-bond donors (Lipinski definition) is 0. The molecule has 0 unspecified atom stereocenters. The summed E-state index contributed by atoms with van der Waals surface area (Å²) in [5.74, 6) is 0. The predicted octanol–water partition coefficient (Wildman–Crippen LogP) is 4.03. The summed E-state index contributed by atoms with van der Waals surface area (Å²) in [6.45, 7) is 8.20. The van der Waals surface area contributed by atoms with Gasteiger partial charge in [-0.15, -0.1) is 17.0 Å². The van der Waals surface area contributed by atoms with Crippen LogP contribution in [0.2, 0.25) is 0 Å². The highest BCUT2D eigenvalue weighted by Crippen LogP contribution is 2.29. The number of halogens is 1. The molecular weight excluding hydrogens is 448 g/mol. The van der Waals surface area contributed by atoms with E-state index in [1.54, 1.807) is 21.3 Å². The van der Waals surface area contributed by atoms with E-state index in [0.717, 1.165) is 18.4 Å². The number of hydrogen-bond acceptors (Lipinski definition) is 5. The summed E-state index contributed by atoms with van der Waals surface area (Å²) in [7, 11) is 2.12. The number of benzene rings is 2. The molecule has 0 radical (unpaired) electrons. The van der Waals surface area contributed by atoms with Gasteiger partial charge in [0, 0.05) is 51.1 Å². The van der Waals surface area contributed by atoms with Crippen LogP contribution >= 0.6 is 17.0 Å². The minimum Gasteiger partial charge on any atom is -0.373 e. The van der Waals surface area contributed by atoms with Crippen LogP contribution in [0, 0.1) is 20.8 Å². The molecule has 0 saturated carbocycles. The van der Waals surface area contributed by atoms with Crippen LogP contribution in [0.5, 0.6) is 0 Å². The maximum atomic E-state index is 5.56. The average Bonchev–Trinajstić information content (AvgIpc) is 3.12. The molecule has 0 fully saturated rings. The summed E-state index contributed by atoms with van der Waals surface area (Å²) in [5, 5.41) is 0.966. The lowest BCUT2D eigenvalue weighted by molar-refractivity contribution is 0.140. The molecule has 0 saturated heterocycles. The molecule has 1 heterocycles. The molecule has 7 heteroatoms. The zero-order chi connectivity index (χ0) is 20.3. The molecule has 0 aliphatic carbocycles. The van der Waals surface area contributed by atoms with E-state index in [9.17, 15) is 0 Å². The van der Waals surface area contributed by atoms with Gasteiger partial charge in [-0.05, 0) is 37.5 Å². The van der Waals surface area contributed by atoms with Gasteiger partial charge in [-0.3, -0.25) is 0 Å². The zero-order valence-corrected chi connectivity index (χ0v) is 20.8. The molecule has 1 aliphatic heterocycles. The summed E-state index contributed by atoms with van der Waals surface area (Å²) < 4.78 is 16.7. The second kappa shape index (κ2) is 9.91. The van der Waals surface area contributed by atoms with Crippen LogP contribution in [0.3, 0.4) is 0 Å². The zero-order valence-electron chi connectivity index (χ0n) is 18.1. The SMILES string of the molecule is Br.CO[Si](OC)(OC)c1ccc(CN2C=CN(c3c(C)cc(C)cc3C)C2)cc1. The Morgan fingerprint density at radius 2 is 1.41 bits per heavy atom. The monoisotopic (exact) mass is 478 g/mol. The summed E-state index contributed by atoms with van der Waals surface area (Å²) in [6, 6.07) is 12.8. The number of aryl methyl sites for hydroxylation is 3. The van der Waals surface area contributed by atoms with E-state index in [-0.39, 0.29) is 17.0 Å². The maximum Gasteiger partial charge on any atom is 0.536 e. The molecule has 29 heavy (non-hydrogen) atoms. The Labute approximate surface area is 186 Å². The number of nitrogens with zero attached hydrogens (tertiary/aromatic N) is 2. The van der Waals surface area contributed by atoms with E-state index >= 15 is 0 Å². The highest BCUT2D eigenvalue weighted by Gasteiger charge is 2.40. The van der Waals surface area contributed by atoms with Gasteiger partial charge >= 0.3 is 8.80 Å². The first-order chi connectivity index (χ1) is 13.4. The molecule has 0 amide bonds. The van der Waals surface area contributed by atoms with Crippen molar-refractivity contribution in [3.8, 4) is 0 Å². The van der Waals surface area contributed by atoms with Gasteiger partial charge in [-0.25, -0.2) is 0 Å². The van der Waals surface area contributed by atoms with E-state index < -0.39 is 8.80 Å². The van der Waals surface area contributed by atoms with Crippen molar-refractivity contribution in [1.82, 2.24) is 4.90 Å². The van der Waals surface area contributed by atoms with E-state index in [2.05, 4.69) is 67.2 Å². The molecule has 2 aromatic rings. The van der Waals surface area contributed by atoms with Gasteiger partial charge in [0.15, 0.2) is 0 Å². The first kappa shape index (κ1) is 23.6. The molecule has 0 N–H and O–H groups in total. The third kappa shape index (κ3) is 4.92. The minimum absolute atomic E-state index is 0. The highest BCUT2D eigenvalue weighted by atomic mass is 79.9. The van der Waals surface area contributed by atoms with Crippen molar-refractivity contribution in [3.05, 3.63) is 71.1 Å². The molecule has 0 bridgehead atoms. The summed E-state index contributed by atoms with van der Waals surface area (Å²) >= 11 is 0. The second-order valence-electron chi connectivity index (χ2n) is 7.27. The second-order valence-corrected chi connectivity index (χ2v) is 10.2. The van der Waals surface area contributed by atoms with Crippen LogP contribution in [0.25, 0.3) is 0 Å². The Balaban J connectivity index is 0.00000300. The lowest BCUT2D eigenvalue weighted by Crippen LogP contribution is -2.54. The molecule has 1 aliphatic rings. The topological polar surface area (TPSA) is 34.2 Å². The predicted molar refractivity (Wildman–Crippen MR) is 126 cm³/mol. The molecule has 0 aromatic heterocycles. The normalized spacial score (nSPS) is 13.7. The van der Waals surface area contributed by atoms with Crippen molar-refractivity contribution in [1.29, 1.82) is 0 Å². The maximum absolute atomic E-state index is 5.56. The van der Waals surface area contributed by atoms with Gasteiger partial charge in [0.05, 0.1) is 6.67 Å². The largest absolute Gasteiger partial charge is 0.536 e. The Bertz CT molecular complexity index is 822. The fourth-order valence-corrected chi connectivity index (χ4v) is 5.77. The number of anilines is 1. The van der Waals surface area contributed by atoms with Crippen LogP contribution in [-0.4, -0.2) is 41.7 Å². The summed E-state index contributed by atoms with van der Waals surface area (Å²) in [6.07, 6.45) is 4.32. The van der Waals surface area contributed by atoms with Crippen molar-refractivity contribution in [2.45, 2.75) is 27.3 Å². The third-order valence-electron chi connectivity index (χ3n) is 5.21. The Kier molecular flexibility index (Phi) is 8.07. The fraction of sp³-hybridized carbons (Fsp3) is 0.364. The van der Waals surface area contributed by atoms with E-state index in [1.165, 1.54) is 27.9 Å². The molecule has 158 valence electrons. The van der Waals surface area contributed by atoms with Gasteiger partial charge in [0.25, 0.3) is 0 Å². The first-order valence-electron chi connectivity index (χ1n) is 9.44. The molecule has 3 rings (SSSR count). The fourth-order valence-electron chi connectivity index (χ4n) is 3.99. The van der Waals surface area contributed by atoms with Crippen LogP contribution in [0.1, 0.15) is 22.3 Å². The van der Waals surface area contributed by atoms with Crippen LogP contribution in [0.4, 0.5) is 5.69 Å². The van der Waals surface area contributed by atoms with E-state index in [1.807, 2.05) is 12.1 Å². The molecule has 0 spiro atoms. The van der Waals surface area contributed by atoms with Crippen molar-refractivity contribution in [2.75, 3.05) is 32.9 Å². The van der Waals surface area contributed by atoms with Crippen molar-refractivity contribution in [3.63, 3.8) is 0 Å². The Hall–Kier alpha value is -1.64. The van der Waals surface area contributed by atoms with Crippen molar-refractivity contribution < 1.29 is 13.3 Å². The van der Waals surface area contributed by atoms with Crippen molar-refractivity contribution in [2.24, 2.45) is 0 Å². The molecule has 2 aromatic carbocycles. The first-order valence-corrected chi connectivity index (χ1v) is 11.2. The standard InChI is InChI=1S/C22H30N2O3Si.BrH/c1-17-13-18(2)22(19(3)14-17)24-12-11-23(16-24)15-20-7-9-21(10-8-20)28(25-4,26-5)27-6;/h7-14H,15-16H2,1-6H3;1H. The van der Waals surface area contributed by atoms with Gasteiger partial charge in [0.1, 0.15) is 0 Å². The lowest BCUT2D eigenvalue weighted by Gasteiger charge is -2.26. The Morgan fingerprint density at radius 3 is 1.93 bits per heavy atom. The molecule has 5 nitrogen and oxygen atoms in total. The minimum atomic E-state index is -2.77. The Morgan fingerprint density at radius 1 is 0.862 bits per heavy atom. The van der Waals surface area contributed by atoms with Crippen LogP contribution < -0.4 is 10.1 Å². The van der Waals surface area contributed by atoms with Gasteiger partial charge in [-0.2, -0.15) is 0 Å². The van der Waals surface area contributed by atoms with Gasteiger partial charge in [0.2, 0.25) is 0 Å². The highest BCUT2D eigenvalue weighted by molar-refractivity contribution is 8.93. The molecule has 0 atom stereocenters. The molecular formula is C22H31BrN2O3Si.